The van der Waals surface area contributed by atoms with Crippen LogP contribution in [-0.2, 0) is 4.79 Å². The summed E-state index contributed by atoms with van der Waals surface area (Å²) in [6.45, 7) is 6.66. The molecule has 2 aliphatic rings. The van der Waals surface area contributed by atoms with E-state index in [4.69, 9.17) is 0 Å². The van der Waals surface area contributed by atoms with Crippen LogP contribution in [0.25, 0.3) is 0 Å². The van der Waals surface area contributed by atoms with Gasteiger partial charge in [-0.15, -0.1) is 0 Å². The van der Waals surface area contributed by atoms with Gasteiger partial charge in [-0.3, -0.25) is 4.79 Å². The third kappa shape index (κ3) is 1.77. The number of hydrogen-bond acceptors (Lipinski definition) is 1. The van der Waals surface area contributed by atoms with Gasteiger partial charge in [0.15, 0.2) is 0 Å². The summed E-state index contributed by atoms with van der Waals surface area (Å²) in [6.07, 6.45) is 6.44. The number of allylic oxidation sites excluding steroid dienone is 2. The van der Waals surface area contributed by atoms with Gasteiger partial charge in [-0.2, -0.15) is 0 Å². The number of carbonyl (C=O) groups is 1. The highest BCUT2D eigenvalue weighted by molar-refractivity contribution is 5.83. The lowest BCUT2D eigenvalue weighted by Crippen LogP contribution is -2.38. The Labute approximate surface area is 86.6 Å². The Hall–Kier alpha value is -0.590. The topological polar surface area (TPSA) is 17.1 Å². The molecule has 0 saturated heterocycles. The van der Waals surface area contributed by atoms with Crippen LogP contribution in [0, 0.1) is 17.3 Å². The molecule has 0 amide bonds. The molecule has 0 aromatic rings. The van der Waals surface area contributed by atoms with E-state index in [0.29, 0.717) is 17.6 Å². The fourth-order valence-electron chi connectivity index (χ4n) is 3.15. The van der Waals surface area contributed by atoms with Crippen molar-refractivity contribution in [2.75, 3.05) is 0 Å². The van der Waals surface area contributed by atoms with Gasteiger partial charge in [-0.1, -0.05) is 25.5 Å². The van der Waals surface area contributed by atoms with E-state index in [1.807, 2.05) is 0 Å². The highest BCUT2D eigenvalue weighted by atomic mass is 16.1. The minimum atomic E-state index is 0.246. The molecule has 1 heteroatoms. The number of ketones is 1. The van der Waals surface area contributed by atoms with Gasteiger partial charge in [0.1, 0.15) is 5.78 Å². The summed E-state index contributed by atoms with van der Waals surface area (Å²) in [5.74, 6) is 1.50. The Balaban J connectivity index is 2.19. The standard InChI is InChI=1S/C13H20O/c1-9-4-5-11-10(6-9)7-13(2,3)8-12(11)14/h4,10-11H,5-8H2,1-3H3. The van der Waals surface area contributed by atoms with Crippen LogP contribution >= 0.6 is 0 Å². The van der Waals surface area contributed by atoms with Crippen LogP contribution in [0.2, 0.25) is 0 Å². The van der Waals surface area contributed by atoms with Crippen molar-refractivity contribution in [1.82, 2.24) is 0 Å². The third-order valence-electron chi connectivity index (χ3n) is 3.75. The first kappa shape index (κ1) is 9.95. The molecule has 1 nitrogen and oxygen atoms in total. The van der Waals surface area contributed by atoms with E-state index in [1.54, 1.807) is 0 Å². The minimum absolute atomic E-state index is 0.246. The summed E-state index contributed by atoms with van der Waals surface area (Å²) >= 11 is 0. The molecule has 2 rings (SSSR count). The van der Waals surface area contributed by atoms with Crippen LogP contribution < -0.4 is 0 Å². The van der Waals surface area contributed by atoms with Gasteiger partial charge >= 0.3 is 0 Å². The molecule has 0 aromatic carbocycles. The van der Waals surface area contributed by atoms with E-state index in [9.17, 15) is 4.79 Å². The Bertz CT molecular complexity index is 286. The van der Waals surface area contributed by atoms with E-state index < -0.39 is 0 Å². The molecule has 0 N–H and O–H groups in total. The van der Waals surface area contributed by atoms with E-state index >= 15 is 0 Å². The number of Topliss-reactive ketones (excluding diaryl/α,β-unsaturated/α-hetero) is 1. The van der Waals surface area contributed by atoms with Crippen LogP contribution in [0.5, 0.6) is 0 Å². The van der Waals surface area contributed by atoms with Gasteiger partial charge in [0.25, 0.3) is 0 Å². The molecule has 0 spiro atoms. The molecule has 2 aliphatic carbocycles. The van der Waals surface area contributed by atoms with Crippen LogP contribution in [0.1, 0.15) is 46.5 Å². The summed E-state index contributed by atoms with van der Waals surface area (Å²) in [5.41, 5.74) is 1.73. The zero-order valence-electron chi connectivity index (χ0n) is 9.47. The van der Waals surface area contributed by atoms with Crippen molar-refractivity contribution in [2.24, 2.45) is 17.3 Å². The lowest BCUT2D eigenvalue weighted by molar-refractivity contribution is -0.130. The zero-order chi connectivity index (χ0) is 10.3. The molecule has 0 aliphatic heterocycles. The molecule has 0 bridgehead atoms. The Morgan fingerprint density at radius 1 is 1.43 bits per heavy atom. The molecule has 0 radical (unpaired) electrons. The maximum atomic E-state index is 11.9. The maximum Gasteiger partial charge on any atom is 0.137 e. The highest BCUT2D eigenvalue weighted by Crippen LogP contribution is 2.45. The van der Waals surface area contributed by atoms with E-state index in [-0.39, 0.29) is 5.41 Å². The van der Waals surface area contributed by atoms with Gasteiger partial charge < -0.3 is 0 Å². The summed E-state index contributed by atoms with van der Waals surface area (Å²) in [6, 6.07) is 0. The molecular weight excluding hydrogens is 172 g/mol. The van der Waals surface area contributed by atoms with E-state index in [1.165, 1.54) is 12.0 Å². The number of rotatable bonds is 0. The van der Waals surface area contributed by atoms with Gasteiger partial charge in [0, 0.05) is 12.3 Å². The summed E-state index contributed by atoms with van der Waals surface area (Å²) in [4.78, 5) is 11.9. The van der Waals surface area contributed by atoms with Crippen molar-refractivity contribution in [1.29, 1.82) is 0 Å². The average Bonchev–Trinajstić information content (AvgIpc) is 2.00. The SMILES string of the molecule is CC1=CCC2C(=O)CC(C)(C)CC2C1. The largest absolute Gasteiger partial charge is 0.299 e. The molecule has 78 valence electrons. The Kier molecular flexibility index (Phi) is 2.29. The molecule has 2 atom stereocenters. The van der Waals surface area contributed by atoms with Crippen molar-refractivity contribution < 1.29 is 4.79 Å². The Morgan fingerprint density at radius 3 is 2.86 bits per heavy atom. The quantitative estimate of drug-likeness (QED) is 0.538. The lowest BCUT2D eigenvalue weighted by Gasteiger charge is -2.41. The smallest absolute Gasteiger partial charge is 0.137 e. The predicted octanol–water partition coefficient (Wildman–Crippen LogP) is 3.35. The summed E-state index contributed by atoms with van der Waals surface area (Å²) < 4.78 is 0. The lowest BCUT2D eigenvalue weighted by atomic mass is 9.62. The predicted molar refractivity (Wildman–Crippen MR) is 58.0 cm³/mol. The average molecular weight is 192 g/mol. The number of fused-ring (bicyclic) bond motifs is 1. The third-order valence-corrected chi connectivity index (χ3v) is 3.75. The van der Waals surface area contributed by atoms with E-state index in [0.717, 1.165) is 19.3 Å². The van der Waals surface area contributed by atoms with Crippen molar-refractivity contribution in [3.63, 3.8) is 0 Å². The van der Waals surface area contributed by atoms with Gasteiger partial charge in [0.05, 0.1) is 0 Å². The fraction of sp³-hybridized carbons (Fsp3) is 0.769. The number of hydrogen-bond donors (Lipinski definition) is 0. The summed E-state index contributed by atoms with van der Waals surface area (Å²) in [5, 5.41) is 0. The van der Waals surface area contributed by atoms with Crippen LogP contribution in [0.15, 0.2) is 11.6 Å². The summed E-state index contributed by atoms with van der Waals surface area (Å²) in [7, 11) is 0. The molecule has 14 heavy (non-hydrogen) atoms. The molecule has 2 unspecified atom stereocenters. The first-order valence-corrected chi connectivity index (χ1v) is 5.66. The van der Waals surface area contributed by atoms with Gasteiger partial charge in [0.2, 0.25) is 0 Å². The van der Waals surface area contributed by atoms with Crippen LogP contribution in [0.4, 0.5) is 0 Å². The normalized spacial score (nSPS) is 36.2. The van der Waals surface area contributed by atoms with Gasteiger partial charge in [-0.25, -0.2) is 0 Å². The first-order chi connectivity index (χ1) is 6.48. The Morgan fingerprint density at radius 2 is 2.14 bits per heavy atom. The monoisotopic (exact) mass is 192 g/mol. The van der Waals surface area contributed by atoms with Crippen molar-refractivity contribution in [3.05, 3.63) is 11.6 Å². The van der Waals surface area contributed by atoms with Crippen molar-refractivity contribution in [2.45, 2.75) is 46.5 Å². The molecule has 0 heterocycles. The van der Waals surface area contributed by atoms with Crippen LogP contribution in [-0.4, -0.2) is 5.78 Å². The van der Waals surface area contributed by atoms with Crippen molar-refractivity contribution >= 4 is 5.78 Å². The van der Waals surface area contributed by atoms with Crippen LogP contribution in [0.3, 0.4) is 0 Å². The fourth-order valence-corrected chi connectivity index (χ4v) is 3.15. The zero-order valence-corrected chi connectivity index (χ0v) is 9.47. The molecule has 0 aromatic heterocycles. The minimum Gasteiger partial charge on any atom is -0.299 e. The number of carbonyl (C=O) groups excluding carboxylic acids is 1. The molecule has 1 saturated carbocycles. The molecule has 1 fully saturated rings. The van der Waals surface area contributed by atoms with E-state index in [2.05, 4.69) is 26.8 Å². The first-order valence-electron chi connectivity index (χ1n) is 5.66. The molecular formula is C13H20O. The second-order valence-electron chi connectivity index (χ2n) is 5.87. The second-order valence-corrected chi connectivity index (χ2v) is 5.87. The van der Waals surface area contributed by atoms with Crippen molar-refractivity contribution in [3.8, 4) is 0 Å². The van der Waals surface area contributed by atoms with Gasteiger partial charge in [-0.05, 0) is 37.5 Å². The maximum absolute atomic E-state index is 11.9. The second kappa shape index (κ2) is 3.22. The highest BCUT2D eigenvalue weighted by Gasteiger charge is 2.40.